The molecule has 5 nitrogen and oxygen atoms in total. The van der Waals surface area contributed by atoms with Crippen molar-refractivity contribution in [2.75, 3.05) is 39.3 Å². The van der Waals surface area contributed by atoms with Gasteiger partial charge >= 0.3 is 0 Å². The molecule has 0 saturated carbocycles. The van der Waals surface area contributed by atoms with Crippen LogP contribution in [0.1, 0.15) is 6.42 Å². The number of hydrogen-bond donors (Lipinski definition) is 1. The number of nitrogens with one attached hydrogen (secondary N) is 1. The summed E-state index contributed by atoms with van der Waals surface area (Å²) in [5.74, 6) is 0.213. The van der Waals surface area contributed by atoms with Crippen LogP contribution in [0.25, 0.3) is 0 Å². The monoisotopic (exact) mass is 225 g/mol. The van der Waals surface area contributed by atoms with Gasteiger partial charge in [-0.15, -0.1) is 0 Å². The summed E-state index contributed by atoms with van der Waals surface area (Å²) in [6.45, 7) is 1.22. The maximum atomic E-state index is 10.8. The first kappa shape index (κ1) is 13.8. The largest absolute Gasteiger partial charge is 0.355 e. The van der Waals surface area contributed by atoms with Crippen LogP contribution in [0.4, 0.5) is 0 Å². The van der Waals surface area contributed by atoms with E-state index in [1.54, 1.807) is 14.2 Å². The lowest BCUT2D eigenvalue weighted by Crippen LogP contribution is -2.30. The summed E-state index contributed by atoms with van der Waals surface area (Å²) >= 11 is 0. The molecule has 0 bridgehead atoms. The average Bonchev–Trinajstić information content (AvgIpc) is 2.09. The Morgan fingerprint density at radius 1 is 1.29 bits per heavy atom. The van der Waals surface area contributed by atoms with Crippen LogP contribution in [-0.2, 0) is 19.3 Å². The van der Waals surface area contributed by atoms with E-state index < -0.39 is 9.84 Å². The summed E-state index contributed by atoms with van der Waals surface area (Å²) in [5, 5.41) is 3.05. The van der Waals surface area contributed by atoms with Gasteiger partial charge in [0.2, 0.25) is 0 Å². The highest BCUT2D eigenvalue weighted by Crippen LogP contribution is 1.89. The Bertz CT molecular complexity index is 223. The van der Waals surface area contributed by atoms with E-state index >= 15 is 0 Å². The van der Waals surface area contributed by atoms with Crippen molar-refractivity contribution >= 4 is 9.84 Å². The fraction of sp³-hybridized carbons (Fsp3) is 1.00. The van der Waals surface area contributed by atoms with E-state index in [4.69, 9.17) is 9.47 Å². The molecule has 0 saturated heterocycles. The predicted octanol–water partition coefficient (Wildman–Crippen LogP) is -0.370. The number of sulfone groups is 1. The Morgan fingerprint density at radius 2 is 1.86 bits per heavy atom. The van der Waals surface area contributed by atoms with Gasteiger partial charge in [0.05, 0.1) is 5.75 Å². The SMILES string of the molecule is COC(CNCCCS(C)(=O)=O)OC. The van der Waals surface area contributed by atoms with Gasteiger partial charge in [-0.1, -0.05) is 0 Å². The fourth-order valence-corrected chi connectivity index (χ4v) is 1.61. The van der Waals surface area contributed by atoms with Crippen molar-refractivity contribution in [2.45, 2.75) is 12.7 Å². The second kappa shape index (κ2) is 7.17. The number of hydrogen-bond acceptors (Lipinski definition) is 5. The second-order valence-electron chi connectivity index (χ2n) is 3.09. The zero-order valence-electron chi connectivity index (χ0n) is 8.95. The molecule has 0 aliphatic heterocycles. The molecule has 0 amide bonds. The minimum atomic E-state index is -2.84. The van der Waals surface area contributed by atoms with Gasteiger partial charge in [-0.3, -0.25) is 0 Å². The molecule has 0 heterocycles. The molecular formula is C8H19NO4S. The van der Waals surface area contributed by atoms with Crippen molar-refractivity contribution in [3.63, 3.8) is 0 Å². The zero-order valence-corrected chi connectivity index (χ0v) is 9.76. The van der Waals surface area contributed by atoms with Crippen LogP contribution >= 0.6 is 0 Å². The molecule has 0 aromatic carbocycles. The van der Waals surface area contributed by atoms with Crippen LogP contribution in [0.15, 0.2) is 0 Å². The van der Waals surface area contributed by atoms with Crippen LogP contribution < -0.4 is 5.32 Å². The van der Waals surface area contributed by atoms with Gasteiger partial charge in [0.15, 0.2) is 6.29 Å². The highest BCUT2D eigenvalue weighted by molar-refractivity contribution is 7.90. The van der Waals surface area contributed by atoms with Crippen molar-refractivity contribution in [2.24, 2.45) is 0 Å². The van der Waals surface area contributed by atoms with Crippen molar-refractivity contribution in [3.05, 3.63) is 0 Å². The second-order valence-corrected chi connectivity index (χ2v) is 5.35. The van der Waals surface area contributed by atoms with Gasteiger partial charge in [-0.2, -0.15) is 0 Å². The molecule has 0 aromatic heterocycles. The molecule has 0 aliphatic carbocycles. The third-order valence-electron chi connectivity index (χ3n) is 1.71. The summed E-state index contributed by atoms with van der Waals surface area (Å²) < 4.78 is 31.4. The van der Waals surface area contributed by atoms with Crippen molar-refractivity contribution in [1.82, 2.24) is 5.32 Å². The van der Waals surface area contributed by atoms with Crippen molar-refractivity contribution in [3.8, 4) is 0 Å². The highest BCUT2D eigenvalue weighted by Gasteiger charge is 2.04. The maximum absolute atomic E-state index is 10.8. The topological polar surface area (TPSA) is 64.6 Å². The molecule has 0 atom stereocenters. The Balaban J connectivity index is 3.38. The summed E-state index contributed by atoms with van der Waals surface area (Å²) in [7, 11) is 0.285. The number of ether oxygens (including phenoxy) is 2. The number of methoxy groups -OCH3 is 2. The van der Waals surface area contributed by atoms with E-state index in [9.17, 15) is 8.42 Å². The smallest absolute Gasteiger partial charge is 0.169 e. The zero-order chi connectivity index (χ0) is 11.0. The standard InChI is InChI=1S/C8H19NO4S/c1-12-8(13-2)7-9-5-4-6-14(3,10)11/h8-9H,4-7H2,1-3H3. The van der Waals surface area contributed by atoms with E-state index in [0.717, 1.165) is 0 Å². The predicted molar refractivity (Wildman–Crippen MR) is 55.0 cm³/mol. The third kappa shape index (κ3) is 8.43. The Kier molecular flexibility index (Phi) is 7.08. The lowest BCUT2D eigenvalue weighted by Gasteiger charge is -2.13. The van der Waals surface area contributed by atoms with Gasteiger partial charge in [-0.25, -0.2) is 8.42 Å². The Labute approximate surface area is 85.7 Å². The third-order valence-corrected chi connectivity index (χ3v) is 2.74. The van der Waals surface area contributed by atoms with Gasteiger partial charge in [0.25, 0.3) is 0 Å². The highest BCUT2D eigenvalue weighted by atomic mass is 32.2. The van der Waals surface area contributed by atoms with E-state index in [0.29, 0.717) is 19.5 Å². The maximum Gasteiger partial charge on any atom is 0.169 e. The first-order valence-corrected chi connectivity index (χ1v) is 6.49. The number of rotatable bonds is 8. The average molecular weight is 225 g/mol. The van der Waals surface area contributed by atoms with Crippen LogP contribution in [0.3, 0.4) is 0 Å². The van der Waals surface area contributed by atoms with E-state index in [2.05, 4.69) is 5.32 Å². The first-order chi connectivity index (χ1) is 6.49. The molecule has 0 aliphatic rings. The van der Waals surface area contributed by atoms with Crippen LogP contribution in [0.5, 0.6) is 0 Å². The van der Waals surface area contributed by atoms with Crippen LogP contribution in [0.2, 0.25) is 0 Å². The minimum absolute atomic E-state index is 0.213. The summed E-state index contributed by atoms with van der Waals surface area (Å²) in [5.41, 5.74) is 0. The molecule has 6 heteroatoms. The van der Waals surface area contributed by atoms with E-state index in [1.165, 1.54) is 6.26 Å². The normalized spacial score (nSPS) is 12.3. The van der Waals surface area contributed by atoms with Gasteiger partial charge in [0, 0.05) is 27.0 Å². The summed E-state index contributed by atoms with van der Waals surface area (Å²) in [6, 6.07) is 0. The molecule has 86 valence electrons. The molecule has 0 spiro atoms. The Morgan fingerprint density at radius 3 is 2.29 bits per heavy atom. The van der Waals surface area contributed by atoms with Gasteiger partial charge in [-0.05, 0) is 13.0 Å². The lowest BCUT2D eigenvalue weighted by atomic mass is 10.4. The van der Waals surface area contributed by atoms with E-state index in [-0.39, 0.29) is 12.0 Å². The quantitative estimate of drug-likeness (QED) is 0.451. The van der Waals surface area contributed by atoms with Crippen LogP contribution in [-0.4, -0.2) is 54.0 Å². The van der Waals surface area contributed by atoms with Gasteiger partial charge < -0.3 is 14.8 Å². The Hall–Kier alpha value is -0.170. The van der Waals surface area contributed by atoms with Crippen molar-refractivity contribution < 1.29 is 17.9 Å². The molecule has 0 aromatic rings. The minimum Gasteiger partial charge on any atom is -0.355 e. The molecule has 0 radical (unpaired) electrons. The first-order valence-electron chi connectivity index (χ1n) is 4.43. The molecule has 0 unspecified atom stereocenters. The fourth-order valence-electron chi connectivity index (χ4n) is 0.942. The molecular weight excluding hydrogens is 206 g/mol. The molecule has 1 N–H and O–H groups in total. The van der Waals surface area contributed by atoms with Gasteiger partial charge in [0.1, 0.15) is 9.84 Å². The summed E-state index contributed by atoms with van der Waals surface area (Å²) in [6.07, 6.45) is 1.58. The molecule has 0 fully saturated rings. The van der Waals surface area contributed by atoms with E-state index in [1.807, 2.05) is 0 Å². The van der Waals surface area contributed by atoms with Crippen molar-refractivity contribution in [1.29, 1.82) is 0 Å². The molecule has 0 rings (SSSR count). The molecule has 14 heavy (non-hydrogen) atoms. The summed E-state index contributed by atoms with van der Waals surface area (Å²) in [4.78, 5) is 0. The lowest BCUT2D eigenvalue weighted by molar-refractivity contribution is -0.0986. The van der Waals surface area contributed by atoms with Crippen LogP contribution in [0, 0.1) is 0 Å².